The molecule has 3 fully saturated rings. The molecule has 0 unspecified atom stereocenters. The molecule has 89 heavy (non-hydrogen) atoms. The molecule has 3 aliphatic rings. The van der Waals surface area contributed by atoms with Crippen LogP contribution in [0.15, 0.2) is 110 Å². The summed E-state index contributed by atoms with van der Waals surface area (Å²) in [5.74, 6) is 1.71. The fourth-order valence-electron chi connectivity index (χ4n) is 13.1. The number of ether oxygens (including phenoxy) is 2. The van der Waals surface area contributed by atoms with Crippen LogP contribution in [0.2, 0.25) is 0 Å². The average Bonchev–Trinajstić information content (AvgIpc) is 2.24. The van der Waals surface area contributed by atoms with Crippen LogP contribution in [0, 0.1) is 0 Å². The van der Waals surface area contributed by atoms with Gasteiger partial charge in [-0.1, -0.05) is 0 Å². The molecular formula is C65H83N19O5. The Labute approximate surface area is 523 Å². The maximum atomic E-state index is 10.5. The summed E-state index contributed by atoms with van der Waals surface area (Å²) in [6.07, 6.45) is 20.1. The van der Waals surface area contributed by atoms with Gasteiger partial charge in [-0.3, -0.25) is 14.9 Å². The second kappa shape index (κ2) is 24.9. The molecule has 8 N–H and O–H groups in total. The summed E-state index contributed by atoms with van der Waals surface area (Å²) < 4.78 is 35.3. The maximum Gasteiger partial charge on any atom is 0.233 e. The summed E-state index contributed by atoms with van der Waals surface area (Å²) in [5.41, 5.74) is 6.81. The van der Waals surface area contributed by atoms with Crippen molar-refractivity contribution in [1.29, 1.82) is 0 Å². The van der Waals surface area contributed by atoms with Gasteiger partial charge in [0.15, 0.2) is 5.82 Å². The molecule has 0 saturated carbocycles. The van der Waals surface area contributed by atoms with Crippen LogP contribution >= 0.6 is 0 Å². The first-order chi connectivity index (χ1) is 43.2. The van der Waals surface area contributed by atoms with Crippen LogP contribution in [0.25, 0.3) is 67.5 Å². The van der Waals surface area contributed by atoms with Crippen LogP contribution < -0.4 is 30.3 Å². The van der Waals surface area contributed by atoms with Gasteiger partial charge in [-0.05, 0) is 138 Å². The highest BCUT2D eigenvalue weighted by molar-refractivity contribution is 5.72. The number of rotatable bonds is 12. The average molecular weight is 1210 g/mol. The van der Waals surface area contributed by atoms with Crippen molar-refractivity contribution in [3.05, 3.63) is 110 Å². The van der Waals surface area contributed by atoms with Crippen molar-refractivity contribution in [3.8, 4) is 96.6 Å². The monoisotopic (exact) mass is 1210 g/mol. The summed E-state index contributed by atoms with van der Waals surface area (Å²) in [6, 6.07) is 15.9. The number of pyridine rings is 3. The Morgan fingerprint density at radius 3 is 1.18 bits per heavy atom. The quantitative estimate of drug-likeness (QED) is 0.0564. The molecule has 0 atom stereocenters. The third-order valence-corrected chi connectivity index (χ3v) is 15.8. The Bertz CT molecular complexity index is 3900. The number of hydrogen-bond acceptors (Lipinski definition) is 21. The fraction of sp³-hybridized carbons (Fsp3) is 0.446. The minimum Gasteiger partial charge on any atom is -0.506 e. The second-order valence-electron chi connectivity index (χ2n) is 27.4. The van der Waals surface area contributed by atoms with Gasteiger partial charge in [0.25, 0.3) is 0 Å². The van der Waals surface area contributed by atoms with Gasteiger partial charge in [0.05, 0.1) is 18.6 Å². The van der Waals surface area contributed by atoms with E-state index in [9.17, 15) is 15.3 Å². The molecule has 0 aromatic carbocycles. The van der Waals surface area contributed by atoms with E-state index >= 15 is 0 Å². The summed E-state index contributed by atoms with van der Waals surface area (Å²) in [6.45, 7) is 24.0. The van der Waals surface area contributed by atoms with Crippen molar-refractivity contribution in [1.82, 2.24) is 91.7 Å². The van der Waals surface area contributed by atoms with Gasteiger partial charge in [0.1, 0.15) is 63.6 Å². The summed E-state index contributed by atoms with van der Waals surface area (Å²) in [4.78, 5) is 15.2. The van der Waals surface area contributed by atoms with Gasteiger partial charge >= 0.3 is 0 Å². The van der Waals surface area contributed by atoms with Crippen LogP contribution in [-0.4, -0.2) is 150 Å². The van der Waals surface area contributed by atoms with E-state index in [4.69, 9.17) is 13.6 Å². The smallest absolute Gasteiger partial charge is 0.233 e. The molecule has 0 radical (unpaired) electrons. The standard InChI is InChI=1S/C22H29N7O.C22H28N6O2.C21H26N6O2/c1-21(2)9-16(10-22(3,4)28-21)29(5)19-7-6-17(26-27-19)20-18(30)8-14(11-23-20)15-12-24-25-13-15;1-21(2)9-16(10-22(3,4)27-21)30-19-7-6-17(25-26-19)20-18(29)8-14(11-23-20)15-12-24-28(5)13-15;1-20(2)8-15(9-21(3,4)27-20)29-18-6-5-16(25-26-18)19-17(28)7-13(10-22-19)14-11-23-24-12-14/h6-8,11-13,16,28,30H,9-10H2,1-5H3,(H,24,25);6-8,11-13,16,27,29H,9-10H2,1-5H3;5-7,10-12,15,27-28H,8-9H2,1-4H3,(H,23,24)/i;5D3;. The molecule has 0 bridgehead atoms. The topological polar surface area (TPSA) is 310 Å². The Balaban J connectivity index is 0.000000152. The number of aromatic hydroxyl groups is 3. The molecule has 0 spiro atoms. The third kappa shape index (κ3) is 16.0. The molecule has 0 amide bonds. The Morgan fingerprint density at radius 1 is 0.472 bits per heavy atom. The van der Waals surface area contributed by atoms with E-state index in [0.29, 0.717) is 57.4 Å². The Hall–Kier alpha value is -9.00. The zero-order valence-corrected chi connectivity index (χ0v) is 52.8. The third-order valence-electron chi connectivity index (χ3n) is 15.8. The molecule has 468 valence electrons. The largest absolute Gasteiger partial charge is 0.506 e. The molecule has 9 aromatic heterocycles. The van der Waals surface area contributed by atoms with E-state index in [1.165, 1.54) is 24.7 Å². The number of nitrogens with zero attached hydrogens (tertiary/aromatic N) is 14. The first kappa shape index (κ1) is 59.0. The summed E-state index contributed by atoms with van der Waals surface area (Å²) >= 11 is 0. The zero-order chi connectivity index (χ0) is 66.2. The van der Waals surface area contributed by atoms with Crippen LogP contribution in [0.3, 0.4) is 0 Å². The molecule has 3 saturated heterocycles. The Kier molecular flexibility index (Phi) is 16.5. The van der Waals surface area contributed by atoms with Crippen molar-refractivity contribution in [2.24, 2.45) is 6.98 Å². The summed E-state index contributed by atoms with van der Waals surface area (Å²) in [5, 5.41) is 85.1. The number of nitrogens with one attached hydrogen (secondary N) is 5. The number of aromatic nitrogens is 15. The van der Waals surface area contributed by atoms with Crippen LogP contribution in [0.5, 0.6) is 29.0 Å². The van der Waals surface area contributed by atoms with Gasteiger partial charge in [0, 0.05) is 166 Å². The predicted molar refractivity (Wildman–Crippen MR) is 341 cm³/mol. The van der Waals surface area contributed by atoms with Crippen LogP contribution in [-0.2, 0) is 6.98 Å². The second-order valence-corrected chi connectivity index (χ2v) is 27.4. The maximum absolute atomic E-state index is 10.5. The number of piperidine rings is 3. The first-order valence-electron chi connectivity index (χ1n) is 31.2. The van der Waals surface area contributed by atoms with Gasteiger partial charge in [0.2, 0.25) is 11.8 Å². The lowest BCUT2D eigenvalue weighted by molar-refractivity contribution is 0.0518. The minimum absolute atomic E-state index is 0.00771. The van der Waals surface area contributed by atoms with Crippen molar-refractivity contribution >= 4 is 5.82 Å². The minimum atomic E-state index is -2.37. The molecule has 12 rings (SSSR count). The summed E-state index contributed by atoms with van der Waals surface area (Å²) in [7, 11) is 2.07. The van der Waals surface area contributed by atoms with Gasteiger partial charge in [-0.15, -0.1) is 30.6 Å². The zero-order valence-electron chi connectivity index (χ0n) is 55.8. The van der Waals surface area contributed by atoms with Crippen LogP contribution in [0.4, 0.5) is 5.82 Å². The Morgan fingerprint density at radius 2 is 0.854 bits per heavy atom. The van der Waals surface area contributed by atoms with Crippen molar-refractivity contribution < 1.29 is 28.9 Å². The normalized spacial score (nSPS) is 19.0. The molecule has 3 aliphatic heterocycles. The lowest BCUT2D eigenvalue weighted by atomic mass is 9.79. The number of hydrogen-bond donors (Lipinski definition) is 8. The molecule has 9 aromatic rings. The fourth-order valence-corrected chi connectivity index (χ4v) is 13.1. The highest BCUT2D eigenvalue weighted by Gasteiger charge is 2.42. The van der Waals surface area contributed by atoms with Crippen molar-refractivity contribution in [3.63, 3.8) is 0 Å². The predicted octanol–water partition coefficient (Wildman–Crippen LogP) is 10.0. The SMILES string of the molecule is CC1(C)CC(Oc2ccc(-c3ncc(-c4cn[nH]c4)cc3O)nn2)CC(C)(C)N1.CN(c1ccc(-c2ncc(-c3cn[nH]c3)cc2O)nn1)C1CC(C)(C)NC(C)(C)C1.[2H]C([2H])([2H])n1cc(-c2cnc(-c3ccc(OC4CC(C)(C)NC(C)(C)C4)nn3)c(O)c2)cn1. The van der Waals surface area contributed by atoms with E-state index in [1.54, 1.807) is 73.6 Å². The molecule has 0 aliphatic carbocycles. The number of aryl methyl sites for hydroxylation is 1. The molecule has 24 nitrogen and oxygen atoms in total. The van der Waals surface area contributed by atoms with Crippen molar-refractivity contribution in [2.75, 3.05) is 11.9 Å². The van der Waals surface area contributed by atoms with E-state index in [1.807, 2.05) is 12.1 Å². The number of anilines is 1. The van der Waals surface area contributed by atoms with Crippen LogP contribution in [0.1, 0.15) is 126 Å². The van der Waals surface area contributed by atoms with Gasteiger partial charge in [-0.2, -0.15) is 15.3 Å². The van der Waals surface area contributed by atoms with Gasteiger partial charge in [-0.25, -0.2) is 15.0 Å². The van der Waals surface area contributed by atoms with Gasteiger partial charge < -0.3 is 45.6 Å². The number of H-pyrrole nitrogens is 2. The molecular weight excluding hydrogens is 1130 g/mol. The first-order valence-corrected chi connectivity index (χ1v) is 29.7. The highest BCUT2D eigenvalue weighted by Crippen LogP contribution is 2.38. The van der Waals surface area contributed by atoms with E-state index in [2.05, 4.69) is 182 Å². The van der Waals surface area contributed by atoms with Crippen molar-refractivity contribution in [2.45, 2.75) is 173 Å². The van der Waals surface area contributed by atoms with E-state index in [-0.39, 0.29) is 68.4 Å². The number of aromatic amines is 2. The molecule has 12 heterocycles. The lowest BCUT2D eigenvalue weighted by Gasteiger charge is -2.49. The lowest BCUT2D eigenvalue weighted by Crippen LogP contribution is -2.62. The highest BCUT2D eigenvalue weighted by atomic mass is 16.5. The van der Waals surface area contributed by atoms with E-state index < -0.39 is 6.98 Å². The van der Waals surface area contributed by atoms with E-state index in [0.717, 1.165) is 71.3 Å². The molecule has 24 heteroatoms.